The summed E-state index contributed by atoms with van der Waals surface area (Å²) in [6.07, 6.45) is 12.2. The van der Waals surface area contributed by atoms with Crippen molar-refractivity contribution in [2.24, 2.45) is 0 Å². The van der Waals surface area contributed by atoms with Crippen LogP contribution in [0.2, 0.25) is 0 Å². The molecular formula is C20H40O5. The number of rotatable bonds is 16. The molecule has 4 atom stereocenters. The minimum Gasteiger partial charge on any atom is -0.388 e. The lowest BCUT2D eigenvalue weighted by atomic mass is 10.1. The Labute approximate surface area is 153 Å². The van der Waals surface area contributed by atoms with Crippen LogP contribution in [0.3, 0.4) is 0 Å². The molecule has 1 rings (SSSR count). The van der Waals surface area contributed by atoms with Crippen LogP contribution in [0.15, 0.2) is 0 Å². The molecular weight excluding hydrogens is 320 g/mol. The molecule has 0 unspecified atom stereocenters. The highest BCUT2D eigenvalue weighted by molar-refractivity contribution is 4.87. The third-order valence-electron chi connectivity index (χ3n) is 5.00. The first kappa shape index (κ1) is 22.8. The predicted molar refractivity (Wildman–Crippen MR) is 99.7 cm³/mol. The molecule has 0 saturated carbocycles. The van der Waals surface area contributed by atoms with Gasteiger partial charge in [0.25, 0.3) is 0 Å². The summed E-state index contributed by atoms with van der Waals surface area (Å²) < 4.78 is 10.6. The molecule has 1 heterocycles. The van der Waals surface area contributed by atoms with Gasteiger partial charge in [0.2, 0.25) is 0 Å². The fraction of sp³-hybridized carbons (Fsp3) is 1.00. The van der Waals surface area contributed by atoms with Gasteiger partial charge in [-0.15, -0.1) is 0 Å². The molecule has 3 N–H and O–H groups in total. The second kappa shape index (κ2) is 14.9. The number of hydrogen-bond donors (Lipinski definition) is 3. The van der Waals surface area contributed by atoms with E-state index in [0.717, 1.165) is 12.8 Å². The summed E-state index contributed by atoms with van der Waals surface area (Å²) in [5.41, 5.74) is 0. The van der Waals surface area contributed by atoms with Gasteiger partial charge in [0, 0.05) is 6.61 Å². The highest BCUT2D eigenvalue weighted by atomic mass is 16.5. The largest absolute Gasteiger partial charge is 0.388 e. The number of aliphatic hydroxyl groups excluding tert-OH is 3. The molecule has 0 aromatic rings. The van der Waals surface area contributed by atoms with Crippen molar-refractivity contribution in [3.05, 3.63) is 0 Å². The van der Waals surface area contributed by atoms with Crippen LogP contribution in [0, 0.1) is 0 Å². The standard InChI is InChI=1S/C20H40O5/c1-2-3-4-5-6-7-8-9-10-11-12-13-14-24-15-18(22)20-19(23)17(21)16-25-20/h17-23H,2-16H2,1H3/t17-,18+,19-,20-/m0/s1. The minimum atomic E-state index is -1.02. The van der Waals surface area contributed by atoms with Crippen LogP contribution in [0.5, 0.6) is 0 Å². The molecule has 0 spiro atoms. The van der Waals surface area contributed by atoms with Crippen molar-refractivity contribution in [2.45, 2.75) is 108 Å². The average molecular weight is 361 g/mol. The summed E-state index contributed by atoms with van der Waals surface area (Å²) >= 11 is 0. The molecule has 5 nitrogen and oxygen atoms in total. The molecule has 1 fully saturated rings. The van der Waals surface area contributed by atoms with Crippen LogP contribution < -0.4 is 0 Å². The van der Waals surface area contributed by atoms with Gasteiger partial charge in [-0.05, 0) is 6.42 Å². The maximum atomic E-state index is 9.91. The van der Waals surface area contributed by atoms with E-state index < -0.39 is 24.4 Å². The quantitative estimate of drug-likeness (QED) is 0.368. The summed E-state index contributed by atoms with van der Waals surface area (Å²) in [7, 11) is 0. The van der Waals surface area contributed by atoms with Crippen LogP contribution in [-0.4, -0.2) is 59.6 Å². The lowest BCUT2D eigenvalue weighted by Crippen LogP contribution is -2.40. The zero-order valence-electron chi connectivity index (χ0n) is 16.1. The fourth-order valence-electron chi connectivity index (χ4n) is 3.31. The smallest absolute Gasteiger partial charge is 0.114 e. The van der Waals surface area contributed by atoms with Crippen molar-refractivity contribution in [2.75, 3.05) is 19.8 Å². The Balaban J connectivity index is 1.80. The third-order valence-corrected chi connectivity index (χ3v) is 5.00. The average Bonchev–Trinajstić information content (AvgIpc) is 2.94. The molecule has 5 heteroatoms. The Morgan fingerprint density at radius 3 is 1.88 bits per heavy atom. The van der Waals surface area contributed by atoms with E-state index in [1.165, 1.54) is 64.2 Å². The molecule has 25 heavy (non-hydrogen) atoms. The SMILES string of the molecule is CCCCCCCCCCCCCCOC[C@@H](O)[C@@H]1OC[C@H](O)[C@@H]1O. The first-order chi connectivity index (χ1) is 12.2. The Morgan fingerprint density at radius 1 is 0.880 bits per heavy atom. The van der Waals surface area contributed by atoms with Gasteiger partial charge in [-0.25, -0.2) is 0 Å². The van der Waals surface area contributed by atoms with E-state index in [1.54, 1.807) is 0 Å². The zero-order valence-corrected chi connectivity index (χ0v) is 16.1. The third kappa shape index (κ3) is 10.5. The Hall–Kier alpha value is -0.200. The van der Waals surface area contributed by atoms with Crippen molar-refractivity contribution < 1.29 is 24.8 Å². The summed E-state index contributed by atoms with van der Waals surface area (Å²) in [5.74, 6) is 0. The number of unbranched alkanes of at least 4 members (excludes halogenated alkanes) is 11. The number of ether oxygens (including phenoxy) is 2. The molecule has 0 aliphatic carbocycles. The lowest BCUT2D eigenvalue weighted by molar-refractivity contribution is -0.0813. The van der Waals surface area contributed by atoms with Crippen molar-refractivity contribution in [3.8, 4) is 0 Å². The highest BCUT2D eigenvalue weighted by Crippen LogP contribution is 2.18. The van der Waals surface area contributed by atoms with E-state index >= 15 is 0 Å². The van der Waals surface area contributed by atoms with Crippen molar-refractivity contribution in [1.29, 1.82) is 0 Å². The fourth-order valence-corrected chi connectivity index (χ4v) is 3.31. The van der Waals surface area contributed by atoms with Gasteiger partial charge in [0.15, 0.2) is 0 Å². The molecule has 1 aliphatic heterocycles. The van der Waals surface area contributed by atoms with Gasteiger partial charge in [-0.3, -0.25) is 0 Å². The van der Waals surface area contributed by atoms with Crippen LogP contribution in [0.4, 0.5) is 0 Å². The summed E-state index contributed by atoms with van der Waals surface area (Å²) in [5, 5.41) is 28.9. The molecule has 150 valence electrons. The van der Waals surface area contributed by atoms with Crippen LogP contribution in [0.1, 0.15) is 84.0 Å². The molecule has 0 aromatic heterocycles. The first-order valence-corrected chi connectivity index (χ1v) is 10.4. The van der Waals surface area contributed by atoms with Crippen molar-refractivity contribution in [1.82, 2.24) is 0 Å². The van der Waals surface area contributed by atoms with Crippen LogP contribution in [-0.2, 0) is 9.47 Å². The van der Waals surface area contributed by atoms with Crippen molar-refractivity contribution in [3.63, 3.8) is 0 Å². The van der Waals surface area contributed by atoms with Gasteiger partial charge in [0.05, 0.1) is 13.2 Å². The second-order valence-corrected chi connectivity index (χ2v) is 7.39. The summed E-state index contributed by atoms with van der Waals surface area (Å²) in [6.45, 7) is 3.10. The lowest BCUT2D eigenvalue weighted by Gasteiger charge is -2.20. The normalized spacial score (nSPS) is 24.7. The van der Waals surface area contributed by atoms with E-state index in [-0.39, 0.29) is 13.2 Å². The second-order valence-electron chi connectivity index (χ2n) is 7.39. The van der Waals surface area contributed by atoms with Gasteiger partial charge in [-0.1, -0.05) is 77.6 Å². The minimum absolute atomic E-state index is 0.0711. The Morgan fingerprint density at radius 2 is 1.40 bits per heavy atom. The predicted octanol–water partition coefficient (Wildman–Crippen LogP) is 3.19. The Bertz CT molecular complexity index is 300. The van der Waals surface area contributed by atoms with Gasteiger partial charge in [0.1, 0.15) is 24.4 Å². The molecule has 0 radical (unpaired) electrons. The van der Waals surface area contributed by atoms with E-state index in [4.69, 9.17) is 9.47 Å². The van der Waals surface area contributed by atoms with E-state index in [9.17, 15) is 15.3 Å². The van der Waals surface area contributed by atoms with E-state index in [0.29, 0.717) is 6.61 Å². The topological polar surface area (TPSA) is 79.2 Å². The molecule has 0 amide bonds. The zero-order chi connectivity index (χ0) is 18.3. The van der Waals surface area contributed by atoms with Gasteiger partial charge < -0.3 is 24.8 Å². The number of aliphatic hydroxyl groups is 3. The monoisotopic (exact) mass is 360 g/mol. The van der Waals surface area contributed by atoms with Gasteiger partial charge in [-0.2, -0.15) is 0 Å². The summed E-state index contributed by atoms with van der Waals surface area (Å²) in [4.78, 5) is 0. The summed E-state index contributed by atoms with van der Waals surface area (Å²) in [6, 6.07) is 0. The molecule has 0 bridgehead atoms. The van der Waals surface area contributed by atoms with Crippen LogP contribution >= 0.6 is 0 Å². The maximum absolute atomic E-state index is 9.91. The highest BCUT2D eigenvalue weighted by Gasteiger charge is 2.39. The maximum Gasteiger partial charge on any atom is 0.114 e. The van der Waals surface area contributed by atoms with Gasteiger partial charge >= 0.3 is 0 Å². The molecule has 1 saturated heterocycles. The van der Waals surface area contributed by atoms with E-state index in [2.05, 4.69) is 6.92 Å². The molecule has 1 aliphatic rings. The molecule has 0 aromatic carbocycles. The van der Waals surface area contributed by atoms with E-state index in [1.807, 2.05) is 0 Å². The van der Waals surface area contributed by atoms with Crippen LogP contribution in [0.25, 0.3) is 0 Å². The van der Waals surface area contributed by atoms with Crippen molar-refractivity contribution >= 4 is 0 Å². The number of hydrogen-bond acceptors (Lipinski definition) is 5. The Kier molecular flexibility index (Phi) is 13.6. The first-order valence-electron chi connectivity index (χ1n) is 10.4.